The Morgan fingerprint density at radius 3 is 2.12 bits per heavy atom. The zero-order chi connectivity index (χ0) is 13.7. The van der Waals surface area contributed by atoms with Gasteiger partial charge in [0.2, 0.25) is 10.0 Å². The summed E-state index contributed by atoms with van der Waals surface area (Å²) >= 11 is 0. The quantitative estimate of drug-likeness (QED) is 0.497. The average molecular weight is 284 g/mol. The summed E-state index contributed by atoms with van der Waals surface area (Å²) in [5, 5.41) is 0. The lowest BCUT2D eigenvalue weighted by Gasteiger charge is -2.21. The van der Waals surface area contributed by atoms with Crippen LogP contribution in [0.2, 0.25) is 0 Å². The van der Waals surface area contributed by atoms with Crippen molar-refractivity contribution >= 4 is 26.3 Å². The highest BCUT2D eigenvalue weighted by atomic mass is 32.3. The molecule has 17 heavy (non-hydrogen) atoms. The van der Waals surface area contributed by atoms with Crippen LogP contribution in [0.25, 0.3) is 0 Å². The molecule has 0 aliphatic rings. The lowest BCUT2D eigenvalue weighted by molar-refractivity contribution is 0.456. The van der Waals surface area contributed by atoms with Crippen LogP contribution in [0.5, 0.6) is 0 Å². The highest BCUT2D eigenvalue weighted by Crippen LogP contribution is 2.16. The molecule has 9 heteroatoms. The first-order valence-corrected chi connectivity index (χ1v) is 8.06. The standard InChI is InChI=1S/C8H16N2O5S2/c1-4-5-6-16(12,13)10(8(2)3)17(14,15)9-7-11/h8H,4-6H2,1-3H3. The molecule has 0 saturated carbocycles. The first-order chi connectivity index (χ1) is 7.69. The van der Waals surface area contributed by atoms with Gasteiger partial charge in [-0.15, -0.1) is 0 Å². The van der Waals surface area contributed by atoms with E-state index in [1.165, 1.54) is 13.8 Å². The minimum absolute atomic E-state index is 0.251. The van der Waals surface area contributed by atoms with Crippen LogP contribution in [0, 0.1) is 0 Å². The molecule has 0 aromatic carbocycles. The molecule has 0 radical (unpaired) electrons. The minimum Gasteiger partial charge on any atom is -0.211 e. The minimum atomic E-state index is -4.51. The van der Waals surface area contributed by atoms with Crippen LogP contribution in [0.15, 0.2) is 4.40 Å². The van der Waals surface area contributed by atoms with E-state index >= 15 is 0 Å². The third kappa shape index (κ3) is 4.55. The second-order valence-electron chi connectivity index (χ2n) is 3.65. The number of isocyanates is 1. The number of sulfonamides is 1. The van der Waals surface area contributed by atoms with Crippen molar-refractivity contribution in [3.8, 4) is 0 Å². The number of unbranched alkanes of at least 4 members (excludes halogenated alkanes) is 1. The van der Waals surface area contributed by atoms with Crippen molar-refractivity contribution in [1.82, 2.24) is 3.71 Å². The first kappa shape index (κ1) is 16.2. The summed E-state index contributed by atoms with van der Waals surface area (Å²) in [6.07, 6.45) is 1.80. The molecule has 0 unspecified atom stereocenters. The molecule has 0 aliphatic carbocycles. The molecule has 0 aliphatic heterocycles. The van der Waals surface area contributed by atoms with Crippen molar-refractivity contribution in [3.63, 3.8) is 0 Å². The van der Waals surface area contributed by atoms with Crippen LogP contribution >= 0.6 is 0 Å². The highest BCUT2D eigenvalue weighted by molar-refractivity contribution is 8.03. The van der Waals surface area contributed by atoms with Crippen LogP contribution in [-0.2, 0) is 25.0 Å². The SMILES string of the molecule is CCCCS(=O)(=O)N(C(C)C)S(=O)(=O)N=C=O. The van der Waals surface area contributed by atoms with E-state index in [9.17, 15) is 21.6 Å². The zero-order valence-corrected chi connectivity index (χ0v) is 11.6. The summed E-state index contributed by atoms with van der Waals surface area (Å²) in [7, 11) is -8.50. The van der Waals surface area contributed by atoms with Gasteiger partial charge in [0, 0.05) is 6.04 Å². The molecular weight excluding hydrogens is 268 g/mol. The molecule has 0 N–H and O–H groups in total. The van der Waals surface area contributed by atoms with Gasteiger partial charge >= 0.3 is 10.2 Å². The highest BCUT2D eigenvalue weighted by Gasteiger charge is 2.35. The van der Waals surface area contributed by atoms with Crippen molar-refractivity contribution in [1.29, 1.82) is 0 Å². The summed E-state index contributed by atoms with van der Waals surface area (Å²) < 4.78 is 49.4. The van der Waals surface area contributed by atoms with Crippen molar-refractivity contribution < 1.29 is 21.6 Å². The van der Waals surface area contributed by atoms with Crippen LogP contribution in [0.4, 0.5) is 0 Å². The molecule has 0 bridgehead atoms. The number of nitrogens with zero attached hydrogens (tertiary/aromatic N) is 2. The van der Waals surface area contributed by atoms with Crippen molar-refractivity contribution in [3.05, 3.63) is 0 Å². The van der Waals surface area contributed by atoms with Crippen molar-refractivity contribution in [2.45, 2.75) is 39.7 Å². The van der Waals surface area contributed by atoms with E-state index in [0.29, 0.717) is 12.8 Å². The Kier molecular flexibility index (Phi) is 5.97. The van der Waals surface area contributed by atoms with Gasteiger partial charge in [-0.3, -0.25) is 0 Å². The van der Waals surface area contributed by atoms with E-state index in [1.54, 1.807) is 6.92 Å². The van der Waals surface area contributed by atoms with E-state index in [2.05, 4.69) is 4.40 Å². The predicted molar refractivity (Wildman–Crippen MR) is 62.7 cm³/mol. The lowest BCUT2D eigenvalue weighted by atomic mass is 10.4. The number of rotatable bonds is 7. The number of hydrogen-bond donors (Lipinski definition) is 0. The fraction of sp³-hybridized carbons (Fsp3) is 0.875. The van der Waals surface area contributed by atoms with Gasteiger partial charge in [-0.05, 0) is 20.3 Å². The van der Waals surface area contributed by atoms with Crippen LogP contribution in [0.3, 0.4) is 0 Å². The molecule has 100 valence electrons. The van der Waals surface area contributed by atoms with Crippen LogP contribution in [-0.4, -0.2) is 38.4 Å². The maximum absolute atomic E-state index is 11.8. The van der Waals surface area contributed by atoms with Gasteiger partial charge < -0.3 is 0 Å². The van der Waals surface area contributed by atoms with E-state index in [4.69, 9.17) is 0 Å². The molecule has 0 amide bonds. The molecule has 0 saturated heterocycles. The fourth-order valence-corrected chi connectivity index (χ4v) is 4.89. The van der Waals surface area contributed by atoms with E-state index < -0.39 is 26.3 Å². The van der Waals surface area contributed by atoms with E-state index in [-0.39, 0.29) is 9.46 Å². The van der Waals surface area contributed by atoms with Gasteiger partial charge in [0.15, 0.2) is 0 Å². The maximum atomic E-state index is 11.8. The Balaban J connectivity index is 5.48. The Labute approximate surface area is 102 Å². The third-order valence-corrected chi connectivity index (χ3v) is 6.03. The Bertz CT molecular complexity index is 488. The lowest BCUT2D eigenvalue weighted by Crippen LogP contribution is -2.42. The number of carbonyl (C=O) groups excluding carboxylic acids is 1. The average Bonchev–Trinajstić information content (AvgIpc) is 2.12. The van der Waals surface area contributed by atoms with Gasteiger partial charge in [-0.25, -0.2) is 13.2 Å². The largest absolute Gasteiger partial charge is 0.346 e. The van der Waals surface area contributed by atoms with Gasteiger partial charge in [0.05, 0.1) is 5.75 Å². The molecule has 0 fully saturated rings. The smallest absolute Gasteiger partial charge is 0.211 e. The van der Waals surface area contributed by atoms with Crippen LogP contribution in [0.1, 0.15) is 33.6 Å². The van der Waals surface area contributed by atoms with E-state index in [0.717, 1.165) is 6.08 Å². The predicted octanol–water partition coefficient (Wildman–Crippen LogP) is 0.407. The normalized spacial score (nSPS) is 12.8. The molecule has 0 spiro atoms. The molecule has 0 aromatic rings. The number of hydrogen-bond acceptors (Lipinski definition) is 5. The van der Waals surface area contributed by atoms with Crippen molar-refractivity contribution in [2.75, 3.05) is 5.75 Å². The second-order valence-corrected chi connectivity index (χ2v) is 7.32. The van der Waals surface area contributed by atoms with Gasteiger partial charge in [-0.1, -0.05) is 21.5 Å². The third-order valence-electron chi connectivity index (χ3n) is 1.83. The van der Waals surface area contributed by atoms with E-state index in [1.807, 2.05) is 0 Å². The summed E-state index contributed by atoms with van der Waals surface area (Å²) in [6.45, 7) is 4.57. The zero-order valence-electron chi connectivity index (χ0n) is 9.95. The molecular formula is C8H16N2O5S2. The Hall–Kier alpha value is -0.760. The molecule has 0 aromatic heterocycles. The molecule has 0 rings (SSSR count). The fourth-order valence-electron chi connectivity index (χ4n) is 1.24. The molecule has 7 nitrogen and oxygen atoms in total. The van der Waals surface area contributed by atoms with Crippen molar-refractivity contribution in [2.24, 2.45) is 4.40 Å². The Morgan fingerprint density at radius 1 is 1.24 bits per heavy atom. The monoisotopic (exact) mass is 284 g/mol. The summed E-state index contributed by atoms with van der Waals surface area (Å²) in [5.41, 5.74) is 0. The van der Waals surface area contributed by atoms with Gasteiger partial charge in [0.25, 0.3) is 6.08 Å². The second kappa shape index (κ2) is 6.25. The summed E-state index contributed by atoms with van der Waals surface area (Å²) in [6, 6.07) is -0.834. The topological polar surface area (TPSA) is 101 Å². The summed E-state index contributed by atoms with van der Waals surface area (Å²) in [5.74, 6) is -0.296. The van der Waals surface area contributed by atoms with Gasteiger partial charge in [0.1, 0.15) is 0 Å². The first-order valence-electron chi connectivity index (χ1n) is 5.05. The Morgan fingerprint density at radius 2 is 1.76 bits per heavy atom. The molecule has 0 heterocycles. The van der Waals surface area contributed by atoms with Crippen LogP contribution < -0.4 is 0 Å². The molecule has 0 atom stereocenters. The summed E-state index contributed by atoms with van der Waals surface area (Å²) in [4.78, 5) is 10.00. The van der Waals surface area contributed by atoms with Gasteiger partial charge in [-0.2, -0.15) is 8.42 Å². The maximum Gasteiger partial charge on any atom is 0.346 e.